The van der Waals surface area contributed by atoms with Gasteiger partial charge in [-0.3, -0.25) is 4.79 Å². The highest BCUT2D eigenvalue weighted by atomic mass is 16.6. The van der Waals surface area contributed by atoms with Crippen LogP contribution >= 0.6 is 0 Å². The standard InChI is InChI=1S/C19H38O3/c1-18(2)15-13-11-9-7-5-3-4-6-8-10-12-14-16-19(21)22-17-20/h18,20H,3-17H2,1-2H3. The van der Waals surface area contributed by atoms with Gasteiger partial charge in [0.15, 0.2) is 6.79 Å². The van der Waals surface area contributed by atoms with Crippen LogP contribution in [0.2, 0.25) is 0 Å². The number of esters is 1. The van der Waals surface area contributed by atoms with Gasteiger partial charge in [0.1, 0.15) is 0 Å². The summed E-state index contributed by atoms with van der Waals surface area (Å²) in [5.41, 5.74) is 0. The Hall–Kier alpha value is -0.570. The summed E-state index contributed by atoms with van der Waals surface area (Å²) >= 11 is 0. The molecule has 0 aromatic heterocycles. The number of unbranched alkanes of at least 4 members (excludes halogenated alkanes) is 11. The number of rotatable bonds is 16. The Bertz CT molecular complexity index is 239. The molecule has 0 radical (unpaired) electrons. The van der Waals surface area contributed by atoms with Gasteiger partial charge in [-0.1, -0.05) is 90.9 Å². The molecule has 0 amide bonds. The average Bonchev–Trinajstić information content (AvgIpc) is 2.47. The third-order valence-electron chi connectivity index (χ3n) is 4.14. The van der Waals surface area contributed by atoms with Crippen molar-refractivity contribution in [2.24, 2.45) is 5.92 Å². The number of aliphatic hydroxyl groups excluding tert-OH is 1. The van der Waals surface area contributed by atoms with E-state index in [2.05, 4.69) is 18.6 Å². The molecule has 0 aliphatic rings. The van der Waals surface area contributed by atoms with Gasteiger partial charge in [0.25, 0.3) is 0 Å². The van der Waals surface area contributed by atoms with Gasteiger partial charge in [-0.05, 0) is 12.3 Å². The van der Waals surface area contributed by atoms with Crippen molar-refractivity contribution in [1.29, 1.82) is 0 Å². The molecule has 0 spiro atoms. The van der Waals surface area contributed by atoms with Crippen LogP contribution in [-0.2, 0) is 9.53 Å². The summed E-state index contributed by atoms with van der Waals surface area (Å²) in [5.74, 6) is 0.580. The van der Waals surface area contributed by atoms with Crippen LogP contribution in [0, 0.1) is 5.92 Å². The molecule has 0 aliphatic heterocycles. The monoisotopic (exact) mass is 314 g/mol. The topological polar surface area (TPSA) is 46.5 Å². The van der Waals surface area contributed by atoms with Crippen molar-refractivity contribution in [3.05, 3.63) is 0 Å². The fourth-order valence-electron chi connectivity index (χ4n) is 2.73. The van der Waals surface area contributed by atoms with Crippen molar-refractivity contribution < 1.29 is 14.6 Å². The molecule has 0 aromatic rings. The first kappa shape index (κ1) is 21.4. The van der Waals surface area contributed by atoms with Crippen LogP contribution in [0.4, 0.5) is 0 Å². The zero-order valence-electron chi connectivity index (χ0n) is 14.9. The largest absolute Gasteiger partial charge is 0.439 e. The molecule has 132 valence electrons. The Labute approximate surface area is 137 Å². The maximum Gasteiger partial charge on any atom is 0.307 e. The lowest BCUT2D eigenvalue weighted by molar-refractivity contribution is -0.151. The zero-order valence-corrected chi connectivity index (χ0v) is 14.9. The zero-order chi connectivity index (χ0) is 16.5. The number of ether oxygens (including phenoxy) is 1. The highest BCUT2D eigenvalue weighted by Crippen LogP contribution is 2.14. The van der Waals surface area contributed by atoms with Crippen molar-refractivity contribution >= 4 is 5.97 Å². The Balaban J connectivity index is 3.04. The van der Waals surface area contributed by atoms with Gasteiger partial charge >= 0.3 is 5.97 Å². The molecule has 0 saturated carbocycles. The van der Waals surface area contributed by atoms with Crippen molar-refractivity contribution in [2.75, 3.05) is 6.79 Å². The van der Waals surface area contributed by atoms with Gasteiger partial charge in [0, 0.05) is 6.42 Å². The minimum atomic E-state index is -0.490. The van der Waals surface area contributed by atoms with Gasteiger partial charge in [0.05, 0.1) is 0 Å². The van der Waals surface area contributed by atoms with Crippen molar-refractivity contribution in [3.63, 3.8) is 0 Å². The normalized spacial score (nSPS) is 11.1. The first-order chi connectivity index (χ1) is 10.7. The number of carbonyl (C=O) groups is 1. The van der Waals surface area contributed by atoms with E-state index < -0.39 is 6.79 Å². The lowest BCUT2D eigenvalue weighted by atomic mass is 10.0. The highest BCUT2D eigenvalue weighted by Gasteiger charge is 2.01. The van der Waals surface area contributed by atoms with Gasteiger partial charge in [-0.25, -0.2) is 0 Å². The maximum atomic E-state index is 11.0. The molecule has 0 bridgehead atoms. The Kier molecular flexibility index (Phi) is 16.4. The number of carbonyl (C=O) groups excluding carboxylic acids is 1. The maximum absolute atomic E-state index is 11.0. The summed E-state index contributed by atoms with van der Waals surface area (Å²) in [7, 11) is 0. The number of hydrogen-bond acceptors (Lipinski definition) is 3. The molecule has 22 heavy (non-hydrogen) atoms. The lowest BCUT2D eigenvalue weighted by Gasteiger charge is -2.05. The summed E-state index contributed by atoms with van der Waals surface area (Å²) in [6.07, 6.45) is 17.4. The smallest absolute Gasteiger partial charge is 0.307 e. The predicted octanol–water partition coefficient (Wildman–Crippen LogP) is 5.60. The van der Waals surface area contributed by atoms with E-state index in [1.807, 2.05) is 0 Å². The fraction of sp³-hybridized carbons (Fsp3) is 0.947. The summed E-state index contributed by atoms with van der Waals surface area (Å²) in [5, 5.41) is 8.42. The summed E-state index contributed by atoms with van der Waals surface area (Å²) in [6, 6.07) is 0. The van der Waals surface area contributed by atoms with Crippen molar-refractivity contribution in [1.82, 2.24) is 0 Å². The summed E-state index contributed by atoms with van der Waals surface area (Å²) in [4.78, 5) is 11.0. The van der Waals surface area contributed by atoms with E-state index in [1.165, 1.54) is 70.6 Å². The van der Waals surface area contributed by atoms with Crippen LogP contribution in [0.1, 0.15) is 104 Å². The third-order valence-corrected chi connectivity index (χ3v) is 4.14. The molecule has 3 heteroatoms. The first-order valence-corrected chi connectivity index (χ1v) is 9.43. The first-order valence-electron chi connectivity index (χ1n) is 9.43. The molecule has 3 nitrogen and oxygen atoms in total. The molecule has 0 fully saturated rings. The second-order valence-corrected chi connectivity index (χ2v) is 6.82. The molecular weight excluding hydrogens is 276 g/mol. The highest BCUT2D eigenvalue weighted by molar-refractivity contribution is 5.69. The second kappa shape index (κ2) is 16.8. The van der Waals surface area contributed by atoms with Crippen LogP contribution in [-0.4, -0.2) is 17.9 Å². The van der Waals surface area contributed by atoms with Crippen LogP contribution < -0.4 is 0 Å². The average molecular weight is 315 g/mol. The van der Waals surface area contributed by atoms with Crippen LogP contribution in [0.25, 0.3) is 0 Å². The van der Waals surface area contributed by atoms with E-state index in [1.54, 1.807) is 0 Å². The Morgan fingerprint density at radius 3 is 1.59 bits per heavy atom. The van der Waals surface area contributed by atoms with Crippen LogP contribution in [0.5, 0.6) is 0 Å². The minimum absolute atomic E-state index is 0.282. The van der Waals surface area contributed by atoms with E-state index >= 15 is 0 Å². The van der Waals surface area contributed by atoms with E-state index in [0.29, 0.717) is 6.42 Å². The molecule has 0 rings (SSSR count). The summed E-state index contributed by atoms with van der Waals surface area (Å²) in [6.45, 7) is 4.12. The molecule has 1 N–H and O–H groups in total. The minimum Gasteiger partial charge on any atom is -0.439 e. The van der Waals surface area contributed by atoms with Crippen molar-refractivity contribution in [2.45, 2.75) is 104 Å². The molecule has 0 atom stereocenters. The van der Waals surface area contributed by atoms with Gasteiger partial charge in [0.2, 0.25) is 0 Å². The summed E-state index contributed by atoms with van der Waals surface area (Å²) < 4.78 is 4.48. The second-order valence-electron chi connectivity index (χ2n) is 6.82. The van der Waals surface area contributed by atoms with E-state index in [4.69, 9.17) is 5.11 Å². The van der Waals surface area contributed by atoms with Crippen LogP contribution in [0.3, 0.4) is 0 Å². The molecule has 0 saturated heterocycles. The predicted molar refractivity (Wildman–Crippen MR) is 92.7 cm³/mol. The Morgan fingerprint density at radius 1 is 0.773 bits per heavy atom. The molecule has 0 unspecified atom stereocenters. The molecule has 0 heterocycles. The Morgan fingerprint density at radius 2 is 1.18 bits per heavy atom. The van der Waals surface area contributed by atoms with Gasteiger partial charge in [-0.2, -0.15) is 0 Å². The van der Waals surface area contributed by atoms with E-state index in [-0.39, 0.29) is 5.97 Å². The lowest BCUT2D eigenvalue weighted by Crippen LogP contribution is -2.04. The number of hydrogen-bond donors (Lipinski definition) is 1. The number of aliphatic hydroxyl groups is 1. The molecule has 0 aromatic carbocycles. The SMILES string of the molecule is CC(C)CCCCCCCCCCCCCCC(=O)OCO. The fourth-order valence-corrected chi connectivity index (χ4v) is 2.73. The third kappa shape index (κ3) is 17.5. The quantitative estimate of drug-likeness (QED) is 0.229. The van der Waals surface area contributed by atoms with Crippen molar-refractivity contribution in [3.8, 4) is 0 Å². The van der Waals surface area contributed by atoms with E-state index in [9.17, 15) is 4.79 Å². The van der Waals surface area contributed by atoms with Crippen LogP contribution in [0.15, 0.2) is 0 Å². The molecule has 0 aliphatic carbocycles. The molecular formula is C19H38O3. The van der Waals surface area contributed by atoms with Gasteiger partial charge in [-0.15, -0.1) is 0 Å². The van der Waals surface area contributed by atoms with E-state index in [0.717, 1.165) is 18.8 Å². The van der Waals surface area contributed by atoms with Gasteiger partial charge < -0.3 is 9.84 Å².